The van der Waals surface area contributed by atoms with Crippen LogP contribution in [0.25, 0.3) is 0 Å². The average molecular weight is 250 g/mol. The quantitative estimate of drug-likeness (QED) is 0.902. The number of hydrogen-bond donors (Lipinski definition) is 1. The monoisotopic (exact) mass is 249 g/mol. The fraction of sp³-hybridized carbons (Fsp3) is 0.167. The number of halogens is 1. The van der Waals surface area contributed by atoms with Crippen molar-refractivity contribution in [1.82, 2.24) is 9.97 Å². The molecule has 4 nitrogen and oxygen atoms in total. The van der Waals surface area contributed by atoms with Gasteiger partial charge in [-0.15, -0.1) is 0 Å². The maximum absolute atomic E-state index is 5.80. The molecule has 0 spiro atoms. The summed E-state index contributed by atoms with van der Waals surface area (Å²) in [5.74, 6) is 0.623. The van der Waals surface area contributed by atoms with Gasteiger partial charge in [0.15, 0.2) is 0 Å². The van der Waals surface area contributed by atoms with Crippen LogP contribution in [0.4, 0.5) is 0 Å². The first-order chi connectivity index (χ1) is 8.28. The van der Waals surface area contributed by atoms with Gasteiger partial charge in [0.1, 0.15) is 12.4 Å². The largest absolute Gasteiger partial charge is 0.486 e. The Hall–Kier alpha value is -1.65. The third kappa shape index (κ3) is 3.41. The highest BCUT2D eigenvalue weighted by Gasteiger charge is 1.99. The van der Waals surface area contributed by atoms with Gasteiger partial charge in [-0.1, -0.05) is 17.7 Å². The fourth-order valence-electron chi connectivity index (χ4n) is 1.35. The van der Waals surface area contributed by atoms with Crippen LogP contribution in [0.15, 0.2) is 36.7 Å². The standard InChI is InChI=1S/C12H12ClN3O/c13-9-4-12(7-15-6-9)17-8-11-3-1-2-10(5-14)16-11/h1-4,6-7H,5,8,14H2. The summed E-state index contributed by atoms with van der Waals surface area (Å²) in [6.45, 7) is 0.794. The van der Waals surface area contributed by atoms with Gasteiger partial charge < -0.3 is 10.5 Å². The zero-order valence-electron chi connectivity index (χ0n) is 9.14. The Labute approximate surface area is 104 Å². The third-order valence-corrected chi connectivity index (χ3v) is 2.35. The van der Waals surface area contributed by atoms with Crippen LogP contribution < -0.4 is 10.5 Å². The summed E-state index contributed by atoms with van der Waals surface area (Å²) >= 11 is 5.80. The van der Waals surface area contributed by atoms with E-state index < -0.39 is 0 Å². The minimum absolute atomic E-state index is 0.371. The van der Waals surface area contributed by atoms with Crippen LogP contribution in [-0.4, -0.2) is 9.97 Å². The van der Waals surface area contributed by atoms with Crippen molar-refractivity contribution >= 4 is 11.6 Å². The van der Waals surface area contributed by atoms with Crippen molar-refractivity contribution in [3.8, 4) is 5.75 Å². The Balaban J connectivity index is 2.02. The van der Waals surface area contributed by atoms with Crippen molar-refractivity contribution in [2.75, 3.05) is 0 Å². The molecule has 0 fully saturated rings. The second kappa shape index (κ2) is 5.61. The molecule has 0 aliphatic heterocycles. The number of nitrogens with zero attached hydrogens (tertiary/aromatic N) is 2. The molecular weight excluding hydrogens is 238 g/mol. The van der Waals surface area contributed by atoms with E-state index in [0.29, 0.717) is 23.9 Å². The smallest absolute Gasteiger partial charge is 0.139 e. The van der Waals surface area contributed by atoms with Gasteiger partial charge in [-0.05, 0) is 12.1 Å². The molecule has 2 N–H and O–H groups in total. The summed E-state index contributed by atoms with van der Waals surface area (Å²) < 4.78 is 5.52. The normalized spacial score (nSPS) is 10.2. The minimum atomic E-state index is 0.371. The molecule has 88 valence electrons. The zero-order chi connectivity index (χ0) is 12.1. The number of nitrogens with two attached hydrogens (primary N) is 1. The van der Waals surface area contributed by atoms with Crippen molar-refractivity contribution in [3.05, 3.63) is 53.1 Å². The topological polar surface area (TPSA) is 61.0 Å². The molecule has 0 radical (unpaired) electrons. The van der Waals surface area contributed by atoms with Gasteiger partial charge in [0.2, 0.25) is 0 Å². The number of hydrogen-bond acceptors (Lipinski definition) is 4. The lowest BCUT2D eigenvalue weighted by Crippen LogP contribution is -2.04. The molecule has 2 aromatic rings. The molecule has 0 bridgehead atoms. The van der Waals surface area contributed by atoms with Crippen LogP contribution in [0.3, 0.4) is 0 Å². The Kier molecular flexibility index (Phi) is 3.90. The maximum atomic E-state index is 5.80. The molecule has 0 unspecified atom stereocenters. The SMILES string of the molecule is NCc1cccc(COc2cncc(Cl)c2)n1. The number of ether oxygens (including phenoxy) is 1. The molecule has 2 aromatic heterocycles. The fourth-order valence-corrected chi connectivity index (χ4v) is 1.52. The van der Waals surface area contributed by atoms with E-state index in [-0.39, 0.29) is 0 Å². The highest BCUT2D eigenvalue weighted by molar-refractivity contribution is 6.30. The Morgan fingerprint density at radius 2 is 2.06 bits per heavy atom. The first-order valence-corrected chi connectivity index (χ1v) is 5.54. The molecule has 2 heterocycles. The lowest BCUT2D eigenvalue weighted by molar-refractivity contribution is 0.300. The molecule has 0 aliphatic carbocycles. The lowest BCUT2D eigenvalue weighted by Gasteiger charge is -2.06. The summed E-state index contributed by atoms with van der Waals surface area (Å²) in [5.41, 5.74) is 7.18. The van der Waals surface area contributed by atoms with Crippen LogP contribution in [-0.2, 0) is 13.2 Å². The van der Waals surface area contributed by atoms with Gasteiger partial charge in [-0.3, -0.25) is 9.97 Å². The van der Waals surface area contributed by atoms with Crippen LogP contribution in [0, 0.1) is 0 Å². The van der Waals surface area contributed by atoms with Gasteiger partial charge in [-0.25, -0.2) is 0 Å². The molecule has 0 aromatic carbocycles. The molecule has 0 atom stereocenters. The number of pyridine rings is 2. The van der Waals surface area contributed by atoms with Crippen molar-refractivity contribution in [1.29, 1.82) is 0 Å². The predicted molar refractivity (Wildman–Crippen MR) is 65.7 cm³/mol. The molecule has 17 heavy (non-hydrogen) atoms. The van der Waals surface area contributed by atoms with E-state index in [1.165, 1.54) is 0 Å². The van der Waals surface area contributed by atoms with E-state index in [0.717, 1.165) is 11.4 Å². The Bertz CT molecular complexity index is 505. The Morgan fingerprint density at radius 3 is 2.82 bits per heavy atom. The summed E-state index contributed by atoms with van der Waals surface area (Å²) in [4.78, 5) is 8.26. The number of aromatic nitrogens is 2. The molecule has 5 heteroatoms. The average Bonchev–Trinajstić information content (AvgIpc) is 2.37. The van der Waals surface area contributed by atoms with E-state index in [4.69, 9.17) is 22.1 Å². The van der Waals surface area contributed by atoms with E-state index >= 15 is 0 Å². The van der Waals surface area contributed by atoms with E-state index in [1.54, 1.807) is 18.5 Å². The van der Waals surface area contributed by atoms with Crippen LogP contribution >= 0.6 is 11.6 Å². The highest BCUT2D eigenvalue weighted by Crippen LogP contribution is 2.16. The van der Waals surface area contributed by atoms with Crippen LogP contribution in [0.2, 0.25) is 5.02 Å². The van der Waals surface area contributed by atoms with Gasteiger partial charge in [-0.2, -0.15) is 0 Å². The first-order valence-electron chi connectivity index (χ1n) is 5.16. The molecule has 0 saturated carbocycles. The van der Waals surface area contributed by atoms with E-state index in [2.05, 4.69) is 9.97 Å². The van der Waals surface area contributed by atoms with Crippen molar-refractivity contribution in [2.24, 2.45) is 5.73 Å². The van der Waals surface area contributed by atoms with E-state index in [9.17, 15) is 0 Å². The van der Waals surface area contributed by atoms with Gasteiger partial charge >= 0.3 is 0 Å². The number of rotatable bonds is 4. The maximum Gasteiger partial charge on any atom is 0.139 e. The summed E-state index contributed by atoms with van der Waals surface area (Å²) in [7, 11) is 0. The van der Waals surface area contributed by atoms with E-state index in [1.807, 2.05) is 18.2 Å². The molecule has 0 aliphatic rings. The second-order valence-electron chi connectivity index (χ2n) is 3.45. The van der Waals surface area contributed by atoms with Crippen molar-refractivity contribution in [2.45, 2.75) is 13.2 Å². The minimum Gasteiger partial charge on any atom is -0.486 e. The second-order valence-corrected chi connectivity index (χ2v) is 3.89. The third-order valence-electron chi connectivity index (χ3n) is 2.14. The Morgan fingerprint density at radius 1 is 1.24 bits per heavy atom. The highest BCUT2D eigenvalue weighted by atomic mass is 35.5. The predicted octanol–water partition coefficient (Wildman–Crippen LogP) is 2.17. The summed E-state index contributed by atoms with van der Waals surface area (Å²) in [6, 6.07) is 7.38. The van der Waals surface area contributed by atoms with Gasteiger partial charge in [0, 0.05) is 18.8 Å². The first kappa shape index (κ1) is 11.8. The molecule has 0 amide bonds. The van der Waals surface area contributed by atoms with Gasteiger partial charge in [0.25, 0.3) is 0 Å². The van der Waals surface area contributed by atoms with Crippen molar-refractivity contribution in [3.63, 3.8) is 0 Å². The molecule has 2 rings (SSSR count). The van der Waals surface area contributed by atoms with Crippen LogP contribution in [0.5, 0.6) is 5.75 Å². The van der Waals surface area contributed by atoms with Crippen LogP contribution in [0.1, 0.15) is 11.4 Å². The zero-order valence-corrected chi connectivity index (χ0v) is 9.89. The molecular formula is C12H12ClN3O. The molecule has 0 saturated heterocycles. The van der Waals surface area contributed by atoms with Gasteiger partial charge in [0.05, 0.1) is 22.6 Å². The summed E-state index contributed by atoms with van der Waals surface area (Å²) in [6.07, 6.45) is 3.17. The van der Waals surface area contributed by atoms with Crippen molar-refractivity contribution < 1.29 is 4.74 Å². The lowest BCUT2D eigenvalue weighted by atomic mass is 10.3. The summed E-state index contributed by atoms with van der Waals surface area (Å²) in [5, 5.41) is 0.547.